The number of esters is 1. The Bertz CT molecular complexity index is 449. The van der Waals surface area contributed by atoms with Crippen molar-refractivity contribution >= 4 is 35.5 Å². The molecule has 3 heteroatoms. The summed E-state index contributed by atoms with van der Waals surface area (Å²) in [6.07, 6.45) is 41.2. The van der Waals surface area contributed by atoms with Crippen molar-refractivity contribution in [2.45, 2.75) is 194 Å². The van der Waals surface area contributed by atoms with Crippen LogP contribution in [0.25, 0.3) is 0 Å². The molecule has 0 aliphatic carbocycles. The van der Waals surface area contributed by atoms with Crippen LogP contribution < -0.4 is 0 Å². The summed E-state index contributed by atoms with van der Waals surface area (Å²) in [5, 5.41) is 0. The van der Waals surface area contributed by atoms with Crippen LogP contribution in [0.15, 0.2) is 12.2 Å². The van der Waals surface area contributed by atoms with Crippen molar-refractivity contribution in [2.75, 3.05) is 6.61 Å². The van der Waals surface area contributed by atoms with Gasteiger partial charge in [0.25, 0.3) is 0 Å². The van der Waals surface area contributed by atoms with E-state index in [0.717, 1.165) is 19.3 Å². The summed E-state index contributed by atoms with van der Waals surface area (Å²) in [6.45, 7) is 5.19. The zero-order valence-electron chi connectivity index (χ0n) is 25.0. The third-order valence-corrected chi connectivity index (χ3v) is 7.40. The Morgan fingerprint density at radius 3 is 1.19 bits per heavy atom. The van der Waals surface area contributed by atoms with E-state index in [4.69, 9.17) is 4.74 Å². The molecule has 0 aromatic carbocycles. The third-order valence-electron chi connectivity index (χ3n) is 7.40. The van der Waals surface area contributed by atoms with Gasteiger partial charge in [0.15, 0.2) is 0 Å². The van der Waals surface area contributed by atoms with E-state index in [0.29, 0.717) is 13.0 Å². The number of rotatable bonds is 30. The first kappa shape index (κ1) is 39.4. The molecule has 216 valence electrons. The maximum absolute atomic E-state index is 11.9. The molecule has 0 N–H and O–H groups in total. The predicted octanol–water partition coefficient (Wildman–Crippen LogP) is 11.4. The molecule has 0 saturated carbocycles. The Kier molecular flexibility index (Phi) is 38.5. The normalized spacial score (nSPS) is 11.2. The number of allylic oxidation sites excluding steroid dienone is 2. The van der Waals surface area contributed by atoms with Crippen molar-refractivity contribution in [1.29, 1.82) is 0 Å². The number of carbonyl (C=O) groups is 1. The summed E-state index contributed by atoms with van der Waals surface area (Å²) in [4.78, 5) is 11.9. The van der Waals surface area contributed by atoms with E-state index in [9.17, 15) is 4.79 Å². The molecule has 0 aliphatic heterocycles. The van der Waals surface area contributed by atoms with E-state index >= 15 is 0 Å². The molecule has 0 heterocycles. The molecule has 0 aromatic rings. The molecule has 0 radical (unpaired) electrons. The van der Waals surface area contributed by atoms with E-state index < -0.39 is 0 Å². The van der Waals surface area contributed by atoms with Gasteiger partial charge in [-0.05, 0) is 38.5 Å². The quantitative estimate of drug-likeness (QED) is 0.0399. The Hall–Kier alpha value is 0.210. The van der Waals surface area contributed by atoms with Gasteiger partial charge in [-0.3, -0.25) is 4.79 Å². The minimum atomic E-state index is 0. The second-order valence-electron chi connectivity index (χ2n) is 11.2. The van der Waals surface area contributed by atoms with E-state index in [-0.39, 0.29) is 35.5 Å². The van der Waals surface area contributed by atoms with Crippen LogP contribution in [0.2, 0.25) is 0 Å². The summed E-state index contributed by atoms with van der Waals surface area (Å²) in [5.74, 6) is 0.0160. The van der Waals surface area contributed by atoms with Crippen LogP contribution in [0.3, 0.4) is 0 Å². The number of carbonyl (C=O) groups excluding carboxylic acids is 1. The molecule has 0 aromatic heterocycles. The van der Waals surface area contributed by atoms with Gasteiger partial charge in [-0.2, -0.15) is 0 Å². The fourth-order valence-electron chi connectivity index (χ4n) is 4.89. The first-order chi connectivity index (χ1) is 17.8. The number of hydrogen-bond acceptors (Lipinski definition) is 2. The summed E-state index contributed by atoms with van der Waals surface area (Å²) in [6, 6.07) is 0. The molecule has 0 rings (SSSR count). The monoisotopic (exact) mass is 531 g/mol. The van der Waals surface area contributed by atoms with Gasteiger partial charge >= 0.3 is 35.5 Å². The molecular weight excluding hydrogens is 463 g/mol. The molecule has 0 spiro atoms. The van der Waals surface area contributed by atoms with E-state index in [1.807, 2.05) is 0 Å². The van der Waals surface area contributed by atoms with Gasteiger partial charge < -0.3 is 4.74 Å². The van der Waals surface area contributed by atoms with Crippen LogP contribution in [-0.2, 0) is 9.53 Å². The van der Waals surface area contributed by atoms with Crippen LogP contribution in [0, 0.1) is 0 Å². The predicted molar refractivity (Wildman–Crippen MR) is 168 cm³/mol. The first-order valence-corrected chi connectivity index (χ1v) is 16.6. The van der Waals surface area contributed by atoms with Gasteiger partial charge in [-0.25, -0.2) is 0 Å². The summed E-state index contributed by atoms with van der Waals surface area (Å²) < 4.78 is 5.42. The standard InChI is InChI=1S/C34H66O2.Na.H/c1-3-5-7-9-11-13-15-17-19-20-22-24-26-28-30-32-34(35)36-33-31-29-27-25-23-21-18-16-14-12-10-8-6-4-2;;/h17,19H,3-16,18,20-33H2,1-2H3;;/b19-17-;;. The first-order valence-electron chi connectivity index (χ1n) is 16.6. The molecule has 37 heavy (non-hydrogen) atoms. The van der Waals surface area contributed by atoms with Crippen molar-refractivity contribution in [2.24, 2.45) is 0 Å². The molecule has 0 amide bonds. The van der Waals surface area contributed by atoms with Crippen LogP contribution in [0.1, 0.15) is 194 Å². The second kappa shape index (κ2) is 36.2. The van der Waals surface area contributed by atoms with E-state index in [2.05, 4.69) is 26.0 Å². The summed E-state index contributed by atoms with van der Waals surface area (Å²) in [7, 11) is 0. The fourth-order valence-corrected chi connectivity index (χ4v) is 4.89. The molecule has 2 nitrogen and oxygen atoms in total. The van der Waals surface area contributed by atoms with Crippen LogP contribution >= 0.6 is 0 Å². The minimum absolute atomic E-state index is 0. The van der Waals surface area contributed by atoms with Crippen molar-refractivity contribution in [1.82, 2.24) is 0 Å². The van der Waals surface area contributed by atoms with E-state index in [1.54, 1.807) is 0 Å². The van der Waals surface area contributed by atoms with Gasteiger partial charge in [-0.15, -0.1) is 0 Å². The van der Waals surface area contributed by atoms with Crippen molar-refractivity contribution < 1.29 is 9.53 Å². The molecule has 0 unspecified atom stereocenters. The van der Waals surface area contributed by atoms with Crippen LogP contribution in [0.4, 0.5) is 0 Å². The third kappa shape index (κ3) is 36.2. The topological polar surface area (TPSA) is 26.3 Å². The maximum atomic E-state index is 11.9. The average Bonchev–Trinajstić information content (AvgIpc) is 2.88. The Morgan fingerprint density at radius 2 is 0.784 bits per heavy atom. The molecule has 0 bridgehead atoms. The Balaban J connectivity index is 0. The molecule has 0 saturated heterocycles. The van der Waals surface area contributed by atoms with Gasteiger partial charge in [0.2, 0.25) is 0 Å². The number of unbranched alkanes of at least 4 members (excludes halogenated alkanes) is 24. The summed E-state index contributed by atoms with van der Waals surface area (Å²) >= 11 is 0. The SMILES string of the molecule is CCCCCCCC/C=C\CCCCCCCC(=O)OCCCCCCCCCCCCCCCC.[NaH]. The van der Waals surface area contributed by atoms with Crippen LogP contribution in [0.5, 0.6) is 0 Å². The van der Waals surface area contributed by atoms with Gasteiger partial charge in [-0.1, -0.05) is 161 Å². The average molecular weight is 531 g/mol. The zero-order chi connectivity index (χ0) is 26.2. The van der Waals surface area contributed by atoms with Crippen molar-refractivity contribution in [3.63, 3.8) is 0 Å². The van der Waals surface area contributed by atoms with Crippen molar-refractivity contribution in [3.8, 4) is 0 Å². The number of ether oxygens (including phenoxy) is 1. The zero-order valence-corrected chi connectivity index (χ0v) is 25.0. The molecule has 0 aliphatic rings. The molecule has 0 atom stereocenters. The fraction of sp³-hybridized carbons (Fsp3) is 0.912. The molecule has 0 fully saturated rings. The van der Waals surface area contributed by atoms with Gasteiger partial charge in [0.1, 0.15) is 0 Å². The van der Waals surface area contributed by atoms with Gasteiger partial charge in [0.05, 0.1) is 6.61 Å². The number of hydrogen-bond donors (Lipinski definition) is 0. The Labute approximate surface area is 256 Å². The van der Waals surface area contributed by atoms with E-state index in [1.165, 1.54) is 154 Å². The van der Waals surface area contributed by atoms with Crippen LogP contribution in [-0.4, -0.2) is 42.1 Å². The second-order valence-corrected chi connectivity index (χ2v) is 11.2. The molecular formula is C34H67NaO2. The Morgan fingerprint density at radius 1 is 0.459 bits per heavy atom. The summed E-state index contributed by atoms with van der Waals surface area (Å²) in [5.41, 5.74) is 0. The van der Waals surface area contributed by atoms with Gasteiger partial charge in [0, 0.05) is 6.42 Å². The van der Waals surface area contributed by atoms with Crippen molar-refractivity contribution in [3.05, 3.63) is 12.2 Å².